The number of rotatable bonds is 4. The number of hydrogen-bond donors (Lipinski definition) is 2. The summed E-state index contributed by atoms with van der Waals surface area (Å²) in [4.78, 5) is 0.0695. The molecule has 3 N–H and O–H groups in total. The van der Waals surface area contributed by atoms with Gasteiger partial charge in [-0.1, -0.05) is 12.1 Å². The van der Waals surface area contributed by atoms with E-state index >= 15 is 0 Å². The fraction of sp³-hybridized carbons (Fsp3) is 0.200. The molecule has 4 nitrogen and oxygen atoms in total. The van der Waals surface area contributed by atoms with Crippen LogP contribution in [0.25, 0.3) is 0 Å². The van der Waals surface area contributed by atoms with Crippen molar-refractivity contribution in [2.75, 3.05) is 5.32 Å². The molecule has 0 aliphatic carbocycles. The van der Waals surface area contributed by atoms with Crippen LogP contribution in [-0.2, 0) is 10.0 Å². The molecule has 0 saturated heterocycles. The summed E-state index contributed by atoms with van der Waals surface area (Å²) in [5.74, 6) is -0.297. The summed E-state index contributed by atoms with van der Waals surface area (Å²) in [5, 5.41) is 8.23. The molecule has 2 rings (SSSR count). The third-order valence-corrected chi connectivity index (χ3v) is 4.06. The second-order valence-corrected chi connectivity index (χ2v) is 6.56. The lowest BCUT2D eigenvalue weighted by Crippen LogP contribution is -2.12. The maximum atomic E-state index is 13.3. The second-order valence-electron chi connectivity index (χ2n) is 5.00. The van der Waals surface area contributed by atoms with E-state index in [1.54, 1.807) is 12.1 Å². The summed E-state index contributed by atoms with van der Waals surface area (Å²) in [6.45, 7) is 3.73. The van der Waals surface area contributed by atoms with Crippen LogP contribution in [-0.4, -0.2) is 8.42 Å². The molecule has 0 bridgehead atoms. The highest BCUT2D eigenvalue weighted by atomic mass is 32.2. The van der Waals surface area contributed by atoms with E-state index in [0.29, 0.717) is 5.69 Å². The number of anilines is 1. The molecule has 0 saturated carbocycles. The zero-order valence-corrected chi connectivity index (χ0v) is 12.6. The minimum absolute atomic E-state index is 0.0695. The van der Waals surface area contributed by atoms with Gasteiger partial charge in [0.2, 0.25) is 10.0 Å². The van der Waals surface area contributed by atoms with Gasteiger partial charge in [0.25, 0.3) is 0 Å². The molecule has 1 unspecified atom stereocenters. The zero-order valence-electron chi connectivity index (χ0n) is 11.8. The van der Waals surface area contributed by atoms with Crippen LogP contribution >= 0.6 is 0 Å². The molecule has 112 valence electrons. The van der Waals surface area contributed by atoms with Crippen molar-refractivity contribution < 1.29 is 12.8 Å². The van der Waals surface area contributed by atoms with E-state index in [4.69, 9.17) is 5.14 Å². The van der Waals surface area contributed by atoms with Gasteiger partial charge >= 0.3 is 0 Å². The Morgan fingerprint density at radius 1 is 1.14 bits per heavy atom. The van der Waals surface area contributed by atoms with Crippen LogP contribution in [0.1, 0.15) is 24.1 Å². The lowest BCUT2D eigenvalue weighted by molar-refractivity contribution is 0.597. The molecule has 0 radical (unpaired) electrons. The van der Waals surface area contributed by atoms with E-state index in [2.05, 4.69) is 5.32 Å². The van der Waals surface area contributed by atoms with Crippen LogP contribution < -0.4 is 10.5 Å². The predicted octanol–water partition coefficient (Wildman–Crippen LogP) is 2.95. The van der Waals surface area contributed by atoms with E-state index in [9.17, 15) is 12.8 Å². The summed E-state index contributed by atoms with van der Waals surface area (Å²) in [5.41, 5.74) is 2.38. The van der Waals surface area contributed by atoms with Crippen molar-refractivity contribution in [2.24, 2.45) is 5.14 Å². The summed E-state index contributed by atoms with van der Waals surface area (Å²) in [7, 11) is -3.69. The van der Waals surface area contributed by atoms with E-state index in [0.717, 1.165) is 11.1 Å². The maximum Gasteiger partial charge on any atom is 0.238 e. The largest absolute Gasteiger partial charge is 0.378 e. The Hall–Kier alpha value is -1.92. The first kappa shape index (κ1) is 15.5. The Labute approximate surface area is 123 Å². The molecular weight excluding hydrogens is 291 g/mol. The Balaban J connectivity index is 2.18. The van der Waals surface area contributed by atoms with Crippen molar-refractivity contribution in [2.45, 2.75) is 24.8 Å². The van der Waals surface area contributed by atoms with Crippen LogP contribution in [0, 0.1) is 12.7 Å². The van der Waals surface area contributed by atoms with Gasteiger partial charge in [0, 0.05) is 11.7 Å². The quantitative estimate of drug-likeness (QED) is 0.912. The van der Waals surface area contributed by atoms with Gasteiger partial charge in [-0.3, -0.25) is 0 Å². The van der Waals surface area contributed by atoms with Crippen LogP contribution in [0.4, 0.5) is 10.1 Å². The number of nitrogens with two attached hydrogens (primary N) is 1. The van der Waals surface area contributed by atoms with Gasteiger partial charge in [0.15, 0.2) is 0 Å². The molecule has 0 spiro atoms. The van der Waals surface area contributed by atoms with Crippen molar-refractivity contribution in [1.29, 1.82) is 0 Å². The minimum atomic E-state index is -3.69. The highest BCUT2D eigenvalue weighted by Crippen LogP contribution is 2.22. The third-order valence-electron chi connectivity index (χ3n) is 3.13. The monoisotopic (exact) mass is 308 g/mol. The van der Waals surface area contributed by atoms with E-state index < -0.39 is 10.0 Å². The van der Waals surface area contributed by atoms with Crippen molar-refractivity contribution in [1.82, 2.24) is 0 Å². The van der Waals surface area contributed by atoms with Gasteiger partial charge in [0.1, 0.15) is 5.82 Å². The summed E-state index contributed by atoms with van der Waals surface area (Å²) >= 11 is 0. The standard InChI is InChI=1S/C15H17FN2O2S/c1-10-7-13(16)9-14(8-10)18-11(2)12-3-5-15(6-4-12)21(17,19)20/h3-9,11,18H,1-2H3,(H2,17,19,20). The lowest BCUT2D eigenvalue weighted by Gasteiger charge is -2.16. The molecule has 0 heterocycles. The Bertz CT molecular complexity index is 723. The summed E-state index contributed by atoms with van der Waals surface area (Å²) in [6, 6.07) is 10.9. The van der Waals surface area contributed by atoms with Gasteiger partial charge < -0.3 is 5.32 Å². The van der Waals surface area contributed by atoms with E-state index in [1.807, 2.05) is 19.9 Å². The Kier molecular flexibility index (Phi) is 4.29. The average Bonchev–Trinajstić information content (AvgIpc) is 2.36. The zero-order chi connectivity index (χ0) is 15.6. The first-order chi connectivity index (χ1) is 9.75. The Morgan fingerprint density at radius 2 is 1.76 bits per heavy atom. The number of primary sulfonamides is 1. The normalized spacial score (nSPS) is 13.0. The maximum absolute atomic E-state index is 13.3. The minimum Gasteiger partial charge on any atom is -0.378 e. The van der Waals surface area contributed by atoms with Gasteiger partial charge in [0.05, 0.1) is 4.90 Å². The van der Waals surface area contributed by atoms with Gasteiger partial charge in [-0.15, -0.1) is 0 Å². The highest BCUT2D eigenvalue weighted by Gasteiger charge is 2.10. The Morgan fingerprint density at radius 3 is 2.29 bits per heavy atom. The van der Waals surface area contributed by atoms with Crippen molar-refractivity contribution >= 4 is 15.7 Å². The van der Waals surface area contributed by atoms with Crippen molar-refractivity contribution in [3.8, 4) is 0 Å². The predicted molar refractivity (Wildman–Crippen MR) is 81.0 cm³/mol. The topological polar surface area (TPSA) is 72.2 Å². The van der Waals surface area contributed by atoms with Crippen LogP contribution in [0.2, 0.25) is 0 Å². The van der Waals surface area contributed by atoms with E-state index in [-0.39, 0.29) is 16.8 Å². The second kappa shape index (κ2) is 5.83. The SMILES string of the molecule is Cc1cc(F)cc(NC(C)c2ccc(S(N)(=O)=O)cc2)c1. The first-order valence-electron chi connectivity index (χ1n) is 6.42. The van der Waals surface area contributed by atoms with Gasteiger partial charge in [-0.25, -0.2) is 17.9 Å². The number of nitrogens with one attached hydrogen (secondary N) is 1. The van der Waals surface area contributed by atoms with Crippen molar-refractivity contribution in [3.63, 3.8) is 0 Å². The highest BCUT2D eigenvalue weighted by molar-refractivity contribution is 7.89. The molecule has 0 aromatic heterocycles. The number of halogens is 1. The number of sulfonamides is 1. The smallest absolute Gasteiger partial charge is 0.238 e. The van der Waals surface area contributed by atoms with E-state index in [1.165, 1.54) is 24.3 Å². The average molecular weight is 308 g/mol. The molecule has 0 fully saturated rings. The number of aryl methyl sites for hydroxylation is 1. The summed E-state index contributed by atoms with van der Waals surface area (Å²) in [6.07, 6.45) is 0. The molecular formula is C15H17FN2O2S. The van der Waals surface area contributed by atoms with Gasteiger partial charge in [-0.2, -0.15) is 0 Å². The lowest BCUT2D eigenvalue weighted by atomic mass is 10.1. The third kappa shape index (κ3) is 4.03. The fourth-order valence-electron chi connectivity index (χ4n) is 2.10. The fourth-order valence-corrected chi connectivity index (χ4v) is 2.61. The number of benzene rings is 2. The molecule has 21 heavy (non-hydrogen) atoms. The molecule has 6 heteroatoms. The molecule has 0 aliphatic rings. The molecule has 1 atom stereocenters. The molecule has 2 aromatic rings. The van der Waals surface area contributed by atoms with Gasteiger partial charge in [-0.05, 0) is 55.3 Å². The molecule has 0 aliphatic heterocycles. The first-order valence-corrected chi connectivity index (χ1v) is 7.97. The van der Waals surface area contributed by atoms with Crippen LogP contribution in [0.15, 0.2) is 47.4 Å². The van der Waals surface area contributed by atoms with Crippen molar-refractivity contribution in [3.05, 3.63) is 59.4 Å². The summed E-state index contributed by atoms with van der Waals surface area (Å²) < 4.78 is 35.7. The number of hydrogen-bond acceptors (Lipinski definition) is 3. The van der Waals surface area contributed by atoms with Crippen LogP contribution in [0.5, 0.6) is 0 Å². The molecule has 2 aromatic carbocycles. The van der Waals surface area contributed by atoms with Crippen LogP contribution in [0.3, 0.4) is 0 Å². The molecule has 0 amide bonds.